The van der Waals surface area contributed by atoms with Crippen molar-refractivity contribution in [2.24, 2.45) is 0 Å². The van der Waals surface area contributed by atoms with Crippen LogP contribution in [0.1, 0.15) is 5.56 Å². The fraction of sp³-hybridized carbons (Fsp3) is 0.143. The van der Waals surface area contributed by atoms with Crippen LogP contribution in [-0.4, -0.2) is 29.4 Å². The number of aryl methyl sites for hydroxylation is 1. The Labute approximate surface area is 261 Å². The highest BCUT2D eigenvalue weighted by Crippen LogP contribution is 2.17. The lowest BCUT2D eigenvalue weighted by Crippen LogP contribution is -2.67. The number of rotatable bonds is 9. The predicted molar refractivity (Wildman–Crippen MR) is 171 cm³/mol. The van der Waals surface area contributed by atoms with Gasteiger partial charge in [0.2, 0.25) is 0 Å². The summed E-state index contributed by atoms with van der Waals surface area (Å²) in [5.74, 6) is 0. The van der Waals surface area contributed by atoms with Gasteiger partial charge < -0.3 is 14.2 Å². The number of hydrogen-bond acceptors (Lipinski definition) is 3. The van der Waals surface area contributed by atoms with E-state index in [9.17, 15) is 26.3 Å². The summed E-state index contributed by atoms with van der Waals surface area (Å²) >= 11 is 0. The summed E-state index contributed by atoms with van der Waals surface area (Å²) in [7, 11) is 1.39. The first-order valence-electron chi connectivity index (χ1n) is 13.5. The number of methoxy groups -OCH3 is 3. The van der Waals surface area contributed by atoms with E-state index in [1.165, 1.54) is 42.5 Å². The van der Waals surface area contributed by atoms with Crippen molar-refractivity contribution in [1.29, 1.82) is 0 Å². The first-order valence-corrected chi connectivity index (χ1v) is 15.7. The Kier molecular flexibility index (Phi) is 19.4. The summed E-state index contributed by atoms with van der Waals surface area (Å²) in [4.78, 5) is 0. The number of ether oxygens (including phenoxy) is 3. The lowest BCUT2D eigenvalue weighted by atomic mass is 10.2. The second-order valence-corrected chi connectivity index (χ2v) is 13.0. The van der Waals surface area contributed by atoms with E-state index < -0.39 is 26.3 Å². The first kappa shape index (κ1) is 38.3. The third kappa shape index (κ3) is 15.0. The van der Waals surface area contributed by atoms with Gasteiger partial charge in [-0.15, -0.1) is 0 Å². The third-order valence-corrected chi connectivity index (χ3v) is 11.0. The molecule has 0 heterocycles. The molecule has 3 nitrogen and oxygen atoms in total. The molecule has 4 aromatic carbocycles. The number of halogens is 6. The maximum Gasteiger partial charge on any atom is 0.304 e. The van der Waals surface area contributed by atoms with Crippen molar-refractivity contribution in [3.63, 3.8) is 0 Å². The van der Waals surface area contributed by atoms with Gasteiger partial charge in [-0.05, 0) is 33.6 Å². The summed E-state index contributed by atoms with van der Waals surface area (Å²) in [5, 5.41) is 4.45. The van der Waals surface area contributed by atoms with E-state index in [2.05, 4.69) is 136 Å². The summed E-state index contributed by atoms with van der Waals surface area (Å²) in [5.41, 5.74) is 1.41. The quantitative estimate of drug-likeness (QED) is 0.0790. The van der Waals surface area contributed by atoms with E-state index in [1.807, 2.05) is 0 Å². The van der Waals surface area contributed by atoms with E-state index in [-0.39, 0.29) is 0 Å². The van der Waals surface area contributed by atoms with Crippen LogP contribution < -0.4 is 15.6 Å². The first-order chi connectivity index (χ1) is 21.7. The summed E-state index contributed by atoms with van der Waals surface area (Å²) in [6, 6.07) is 45.5. The smallest absolute Gasteiger partial charge is 0.304 e. The molecule has 0 aliphatic carbocycles. The van der Waals surface area contributed by atoms with Crippen molar-refractivity contribution in [2.75, 3.05) is 21.3 Å². The zero-order chi connectivity index (χ0) is 33.3. The Morgan fingerprint density at radius 3 is 0.956 bits per heavy atom. The largest absolute Gasteiger partial charge is 0.499 e. The molecular formula is C35H36F6O3Si. The predicted octanol–water partition coefficient (Wildman–Crippen LogP) is 8.51. The second kappa shape index (κ2) is 22.8. The Balaban J connectivity index is 0.000000462. The van der Waals surface area contributed by atoms with Crippen LogP contribution in [0.4, 0.5) is 26.3 Å². The fourth-order valence-electron chi connectivity index (χ4n) is 4.34. The highest BCUT2D eigenvalue weighted by Gasteiger charge is 2.38. The number of hydrogen-bond donors (Lipinski definition) is 0. The van der Waals surface area contributed by atoms with Gasteiger partial charge in [-0.3, -0.25) is 0 Å². The zero-order valence-electron chi connectivity index (χ0n) is 25.2. The molecular weight excluding hydrogens is 610 g/mol. The summed E-state index contributed by atoms with van der Waals surface area (Å²) in [6.07, 6.45) is -3.21. The Morgan fingerprint density at radius 2 is 0.733 bits per heavy atom. The van der Waals surface area contributed by atoms with Crippen molar-refractivity contribution in [2.45, 2.75) is 12.5 Å². The van der Waals surface area contributed by atoms with Gasteiger partial charge in [-0.25, -0.2) is 0 Å². The van der Waals surface area contributed by atoms with E-state index >= 15 is 0 Å². The van der Waals surface area contributed by atoms with Crippen LogP contribution in [0.15, 0.2) is 158 Å². The molecule has 0 radical (unpaired) electrons. The molecule has 4 aromatic rings. The van der Waals surface area contributed by atoms with Gasteiger partial charge in [0, 0.05) is 0 Å². The molecule has 10 heteroatoms. The molecule has 0 saturated heterocycles. The molecule has 4 rings (SSSR count). The van der Waals surface area contributed by atoms with Crippen LogP contribution in [0.5, 0.6) is 0 Å². The van der Waals surface area contributed by atoms with Gasteiger partial charge in [0.15, 0.2) is 0 Å². The monoisotopic (exact) mass is 646 g/mol. The van der Waals surface area contributed by atoms with Crippen molar-refractivity contribution in [3.8, 4) is 0 Å². The summed E-state index contributed by atoms with van der Waals surface area (Å²) in [6.45, 7) is 0. The normalized spacial score (nSPS) is 9.62. The molecule has 0 saturated carbocycles. The molecule has 0 bridgehead atoms. The van der Waals surface area contributed by atoms with Gasteiger partial charge in [-0.2, -0.15) is 26.3 Å². The standard InChI is InChI=1S/C26H24Si.3C3H4F2O/c1-5-13-23(14-6-1)21-22-27(24-15-7-2-8-16-24,25-17-9-3-10-18-25)26-19-11-4-12-20-26;3*1-6-2-3(4)5/h1-20H,21-22H2;3*2H,1H3. The molecule has 0 fully saturated rings. The van der Waals surface area contributed by atoms with E-state index in [0.29, 0.717) is 18.8 Å². The SMILES string of the molecule is COC=C(F)F.COC=C(F)F.COC=C(F)F.c1ccc(CC[Si](c2ccccc2)(c2ccccc2)c2ccccc2)cc1. The van der Waals surface area contributed by atoms with Gasteiger partial charge in [0.25, 0.3) is 0 Å². The van der Waals surface area contributed by atoms with Gasteiger partial charge in [0.1, 0.15) is 26.9 Å². The molecule has 0 atom stereocenters. The minimum atomic E-state index is -2.11. The van der Waals surface area contributed by atoms with E-state index in [4.69, 9.17) is 0 Å². The lowest BCUT2D eigenvalue weighted by molar-refractivity contribution is 0.291. The minimum Gasteiger partial charge on any atom is -0.499 e. The van der Waals surface area contributed by atoms with Gasteiger partial charge in [0.05, 0.1) is 21.3 Å². The van der Waals surface area contributed by atoms with Crippen LogP contribution in [-0.2, 0) is 20.6 Å². The zero-order valence-corrected chi connectivity index (χ0v) is 26.2. The molecule has 0 aliphatic heterocycles. The van der Waals surface area contributed by atoms with Crippen molar-refractivity contribution in [1.82, 2.24) is 0 Å². The third-order valence-electron chi connectivity index (χ3n) is 6.05. The van der Waals surface area contributed by atoms with E-state index in [1.54, 1.807) is 0 Å². The van der Waals surface area contributed by atoms with Crippen LogP contribution in [0.25, 0.3) is 0 Å². The molecule has 0 spiro atoms. The maximum absolute atomic E-state index is 10.8. The molecule has 0 aromatic heterocycles. The van der Waals surface area contributed by atoms with Gasteiger partial charge in [-0.1, -0.05) is 121 Å². The second-order valence-electron chi connectivity index (χ2n) is 8.92. The Morgan fingerprint density at radius 1 is 0.467 bits per heavy atom. The van der Waals surface area contributed by atoms with Crippen LogP contribution in [0, 0.1) is 0 Å². The topological polar surface area (TPSA) is 27.7 Å². The fourth-order valence-corrected chi connectivity index (χ4v) is 9.16. The van der Waals surface area contributed by atoms with Crippen molar-refractivity contribution in [3.05, 3.63) is 164 Å². The van der Waals surface area contributed by atoms with Crippen molar-refractivity contribution < 1.29 is 40.6 Å². The summed E-state index contributed by atoms with van der Waals surface area (Å²) < 4.78 is 76.3. The maximum atomic E-state index is 10.8. The highest BCUT2D eigenvalue weighted by atomic mass is 28.3. The highest BCUT2D eigenvalue weighted by molar-refractivity contribution is 7.11. The molecule has 0 unspecified atom stereocenters. The van der Waals surface area contributed by atoms with E-state index in [0.717, 1.165) is 12.5 Å². The average molecular weight is 647 g/mol. The van der Waals surface area contributed by atoms with Crippen LogP contribution in [0.3, 0.4) is 0 Å². The molecule has 0 N–H and O–H groups in total. The number of benzene rings is 4. The van der Waals surface area contributed by atoms with Crippen LogP contribution >= 0.6 is 0 Å². The van der Waals surface area contributed by atoms with Crippen molar-refractivity contribution >= 4 is 23.6 Å². The average Bonchev–Trinajstić information content (AvgIpc) is 3.04. The van der Waals surface area contributed by atoms with Crippen LogP contribution in [0.2, 0.25) is 6.04 Å². The molecule has 240 valence electrons. The van der Waals surface area contributed by atoms with Gasteiger partial charge >= 0.3 is 18.2 Å². The molecule has 0 aliphatic rings. The minimum absolute atomic E-state index is 0.375. The Hall–Kier alpha value is -4.70. The Bertz CT molecular complexity index is 1250. The molecule has 0 amide bonds. The lowest BCUT2D eigenvalue weighted by Gasteiger charge is -2.34. The molecule has 45 heavy (non-hydrogen) atoms.